The van der Waals surface area contributed by atoms with Crippen LogP contribution >= 0.6 is 0 Å². The number of hydrogen-bond donors (Lipinski definition) is 2. The van der Waals surface area contributed by atoms with Gasteiger partial charge in [0.25, 0.3) is 0 Å². The third-order valence-electron chi connectivity index (χ3n) is 6.26. The van der Waals surface area contributed by atoms with Gasteiger partial charge in [0, 0.05) is 70.4 Å². The van der Waals surface area contributed by atoms with Gasteiger partial charge in [-0.25, -0.2) is 9.78 Å². The zero-order valence-electron chi connectivity index (χ0n) is 19.4. The summed E-state index contributed by atoms with van der Waals surface area (Å²) in [5.74, 6) is -0.0231. The van der Waals surface area contributed by atoms with E-state index < -0.39 is 0 Å². The van der Waals surface area contributed by atoms with E-state index in [4.69, 9.17) is 15.5 Å². The van der Waals surface area contributed by atoms with Crippen LogP contribution < -0.4 is 16.0 Å². The van der Waals surface area contributed by atoms with E-state index in [-0.39, 0.29) is 24.6 Å². The molecule has 10 nitrogen and oxygen atoms in total. The number of nitrogens with zero attached hydrogens (tertiary/aromatic N) is 5. The van der Waals surface area contributed by atoms with Crippen molar-refractivity contribution in [2.75, 3.05) is 52.3 Å². The van der Waals surface area contributed by atoms with Crippen molar-refractivity contribution in [3.8, 4) is 0 Å². The molecule has 2 aromatic heterocycles. The van der Waals surface area contributed by atoms with E-state index >= 15 is 0 Å². The summed E-state index contributed by atoms with van der Waals surface area (Å²) in [5, 5.41) is 3.01. The number of fused-ring (bicyclic) bond motifs is 3. The van der Waals surface area contributed by atoms with Gasteiger partial charge in [0.05, 0.1) is 23.4 Å². The highest BCUT2D eigenvalue weighted by atomic mass is 16.5. The Balaban J connectivity index is 1.74. The standard InChI is InChI=1S/C23H31N7O3/c1-25-11-15(10-24)18-4-5-19-21(27-18)22-16(12-26-19)13-28(2)23(32)30(22)17-6-8-29(9-7-17)20(31)14-33-3/h4-5,11-12,17,25H,6-10,13-14,24H2,1-3H3/b15-11+. The zero-order chi connectivity index (χ0) is 23.5. The number of anilines is 1. The minimum absolute atomic E-state index is 0.0231. The summed E-state index contributed by atoms with van der Waals surface area (Å²) in [6, 6.07) is 3.72. The number of nitrogens with two attached hydrogens (primary N) is 1. The minimum atomic E-state index is -0.0614. The number of ether oxygens (including phenoxy) is 1. The van der Waals surface area contributed by atoms with Crippen LogP contribution in [-0.2, 0) is 16.1 Å². The predicted octanol–water partition coefficient (Wildman–Crippen LogP) is 1.16. The summed E-state index contributed by atoms with van der Waals surface area (Å²) < 4.78 is 4.99. The summed E-state index contributed by atoms with van der Waals surface area (Å²) in [4.78, 5) is 40.5. The molecule has 10 heteroatoms. The predicted molar refractivity (Wildman–Crippen MR) is 126 cm³/mol. The molecule has 4 heterocycles. The van der Waals surface area contributed by atoms with Crippen LogP contribution in [0.4, 0.5) is 10.5 Å². The maximum absolute atomic E-state index is 13.4. The smallest absolute Gasteiger partial charge is 0.324 e. The first-order valence-corrected chi connectivity index (χ1v) is 11.1. The van der Waals surface area contributed by atoms with Gasteiger partial charge in [-0.15, -0.1) is 0 Å². The molecule has 2 aromatic rings. The number of nitrogens with one attached hydrogen (secondary N) is 1. The molecule has 0 atom stereocenters. The maximum Gasteiger partial charge on any atom is 0.324 e. The van der Waals surface area contributed by atoms with Gasteiger partial charge < -0.3 is 25.6 Å². The normalized spacial score (nSPS) is 17.5. The number of pyridine rings is 2. The van der Waals surface area contributed by atoms with E-state index in [9.17, 15) is 9.59 Å². The fraction of sp³-hybridized carbons (Fsp3) is 0.478. The molecule has 176 valence electrons. The van der Waals surface area contributed by atoms with Gasteiger partial charge in [0.1, 0.15) is 12.1 Å². The van der Waals surface area contributed by atoms with Gasteiger partial charge in [-0.3, -0.25) is 14.7 Å². The van der Waals surface area contributed by atoms with E-state index in [0.29, 0.717) is 44.5 Å². The second-order valence-electron chi connectivity index (χ2n) is 8.41. The number of carbonyl (C=O) groups is 2. The number of rotatable bonds is 6. The summed E-state index contributed by atoms with van der Waals surface area (Å²) in [7, 11) is 5.14. The first kappa shape index (κ1) is 22.9. The molecular formula is C23H31N7O3. The molecule has 4 rings (SSSR count). The Bertz CT molecular complexity index is 1080. The van der Waals surface area contributed by atoms with Crippen LogP contribution in [0, 0.1) is 0 Å². The fourth-order valence-corrected chi connectivity index (χ4v) is 4.60. The monoisotopic (exact) mass is 453 g/mol. The molecule has 3 amide bonds. The third kappa shape index (κ3) is 4.36. The lowest BCUT2D eigenvalue weighted by Crippen LogP contribution is -2.54. The quantitative estimate of drug-likeness (QED) is 0.674. The Morgan fingerprint density at radius 1 is 1.33 bits per heavy atom. The van der Waals surface area contributed by atoms with Crippen molar-refractivity contribution in [2.24, 2.45) is 5.73 Å². The number of aromatic nitrogens is 2. The number of hydrogen-bond acceptors (Lipinski definition) is 7. The van der Waals surface area contributed by atoms with Crippen LogP contribution in [0.3, 0.4) is 0 Å². The molecule has 0 aromatic carbocycles. The average Bonchev–Trinajstić information content (AvgIpc) is 2.83. The number of piperidine rings is 1. The van der Waals surface area contributed by atoms with E-state index in [2.05, 4.69) is 10.3 Å². The van der Waals surface area contributed by atoms with Crippen LogP contribution in [0.2, 0.25) is 0 Å². The van der Waals surface area contributed by atoms with E-state index in [1.165, 1.54) is 7.11 Å². The van der Waals surface area contributed by atoms with Crippen molar-refractivity contribution in [2.45, 2.75) is 25.4 Å². The topological polar surface area (TPSA) is 117 Å². The fourth-order valence-electron chi connectivity index (χ4n) is 4.60. The van der Waals surface area contributed by atoms with Crippen molar-refractivity contribution in [3.63, 3.8) is 0 Å². The molecule has 2 aliphatic rings. The van der Waals surface area contributed by atoms with Gasteiger partial charge in [-0.05, 0) is 25.0 Å². The SMILES string of the molecule is CN/C=C(\CN)c1ccc2ncc3c(c2n1)N(C1CCN(C(=O)COC)CC1)C(=O)N(C)C3. The lowest BCUT2D eigenvalue weighted by atomic mass is 9.99. The van der Waals surface area contributed by atoms with Gasteiger partial charge in [-0.2, -0.15) is 0 Å². The first-order chi connectivity index (χ1) is 16.0. The second kappa shape index (κ2) is 9.72. The summed E-state index contributed by atoms with van der Waals surface area (Å²) in [5.41, 5.74) is 10.8. The molecule has 0 radical (unpaired) electrons. The number of carbonyl (C=O) groups excluding carboxylic acids is 2. The third-order valence-corrected chi connectivity index (χ3v) is 6.26. The van der Waals surface area contributed by atoms with Crippen molar-refractivity contribution in [3.05, 3.63) is 35.8 Å². The molecule has 0 spiro atoms. The molecule has 1 fully saturated rings. The van der Waals surface area contributed by atoms with Crippen molar-refractivity contribution in [1.29, 1.82) is 0 Å². The zero-order valence-corrected chi connectivity index (χ0v) is 19.4. The van der Waals surface area contributed by atoms with E-state index in [1.54, 1.807) is 16.8 Å². The van der Waals surface area contributed by atoms with Crippen molar-refractivity contribution in [1.82, 2.24) is 25.1 Å². The molecule has 2 aliphatic heterocycles. The Hall–Kier alpha value is -3.24. The van der Waals surface area contributed by atoms with Crippen LogP contribution in [0.15, 0.2) is 24.5 Å². The van der Waals surface area contributed by atoms with Crippen molar-refractivity contribution >= 4 is 34.2 Å². The summed E-state index contributed by atoms with van der Waals surface area (Å²) in [6.07, 6.45) is 5.04. The summed E-state index contributed by atoms with van der Waals surface area (Å²) in [6.45, 7) is 2.05. The van der Waals surface area contributed by atoms with E-state index in [0.717, 1.165) is 28.0 Å². The molecular weight excluding hydrogens is 422 g/mol. The lowest BCUT2D eigenvalue weighted by Gasteiger charge is -2.43. The van der Waals surface area contributed by atoms with Crippen LogP contribution in [0.25, 0.3) is 16.6 Å². The molecule has 1 saturated heterocycles. The minimum Gasteiger partial charge on any atom is -0.394 e. The van der Waals surface area contributed by atoms with Crippen molar-refractivity contribution < 1.29 is 14.3 Å². The van der Waals surface area contributed by atoms with Gasteiger partial charge >= 0.3 is 6.03 Å². The largest absolute Gasteiger partial charge is 0.394 e. The number of likely N-dealkylation sites (tertiary alicyclic amines) is 1. The Morgan fingerprint density at radius 3 is 2.76 bits per heavy atom. The second-order valence-corrected chi connectivity index (χ2v) is 8.41. The van der Waals surface area contributed by atoms with Gasteiger partial charge in [-0.1, -0.05) is 0 Å². The molecule has 0 bridgehead atoms. The number of amides is 3. The lowest BCUT2D eigenvalue weighted by molar-refractivity contribution is -0.136. The molecule has 33 heavy (non-hydrogen) atoms. The van der Waals surface area contributed by atoms with Gasteiger partial charge in [0.2, 0.25) is 5.91 Å². The summed E-state index contributed by atoms with van der Waals surface area (Å²) >= 11 is 0. The number of urea groups is 1. The highest BCUT2D eigenvalue weighted by molar-refractivity contribution is 6.04. The van der Waals surface area contributed by atoms with Crippen LogP contribution in [0.5, 0.6) is 0 Å². The maximum atomic E-state index is 13.4. The van der Waals surface area contributed by atoms with Crippen LogP contribution in [0.1, 0.15) is 24.1 Å². The van der Waals surface area contributed by atoms with E-state index in [1.807, 2.05) is 36.5 Å². The highest BCUT2D eigenvalue weighted by Crippen LogP contribution is 2.37. The highest BCUT2D eigenvalue weighted by Gasteiger charge is 2.37. The first-order valence-electron chi connectivity index (χ1n) is 11.1. The van der Waals surface area contributed by atoms with Gasteiger partial charge in [0.15, 0.2) is 0 Å². The Labute approximate surface area is 193 Å². The average molecular weight is 454 g/mol. The molecule has 0 unspecified atom stereocenters. The Kier molecular flexibility index (Phi) is 6.75. The molecule has 0 aliphatic carbocycles. The number of methoxy groups -OCH3 is 1. The van der Waals surface area contributed by atoms with Crippen LogP contribution in [-0.4, -0.2) is 85.2 Å². The Morgan fingerprint density at radius 2 is 2.09 bits per heavy atom. The molecule has 3 N–H and O–H groups in total. The molecule has 0 saturated carbocycles.